The minimum absolute atomic E-state index is 0.874. The lowest BCUT2D eigenvalue weighted by Crippen LogP contribution is -2.16. The molecule has 84 valence electrons. The van der Waals surface area contributed by atoms with Crippen molar-refractivity contribution in [1.82, 2.24) is 15.3 Å². The Morgan fingerprint density at radius 1 is 1.31 bits per heavy atom. The third-order valence-corrected chi connectivity index (χ3v) is 3.14. The number of hydrogen-bond donors (Lipinski definition) is 1. The van der Waals surface area contributed by atoms with Crippen molar-refractivity contribution in [3.05, 3.63) is 46.2 Å². The maximum atomic E-state index is 4.26. The average Bonchev–Trinajstić information content (AvgIpc) is 2.80. The first-order chi connectivity index (χ1) is 7.84. The van der Waals surface area contributed by atoms with E-state index in [0.29, 0.717) is 0 Å². The van der Waals surface area contributed by atoms with E-state index in [2.05, 4.69) is 21.4 Å². The average molecular weight is 233 g/mol. The first-order valence-corrected chi connectivity index (χ1v) is 6.23. The highest BCUT2D eigenvalue weighted by atomic mass is 32.1. The van der Waals surface area contributed by atoms with E-state index in [0.717, 1.165) is 25.2 Å². The molecule has 2 heterocycles. The summed E-state index contributed by atoms with van der Waals surface area (Å²) < 4.78 is 0. The Kier molecular flexibility index (Phi) is 4.02. The highest BCUT2D eigenvalue weighted by Crippen LogP contribution is 2.04. The highest BCUT2D eigenvalue weighted by molar-refractivity contribution is 7.09. The van der Waals surface area contributed by atoms with Crippen LogP contribution in [0.5, 0.6) is 0 Å². The quantitative estimate of drug-likeness (QED) is 0.804. The molecule has 0 aromatic carbocycles. The van der Waals surface area contributed by atoms with Gasteiger partial charge in [-0.3, -0.25) is 4.98 Å². The largest absolute Gasteiger partial charge is 0.312 e. The molecule has 0 aliphatic rings. The zero-order chi connectivity index (χ0) is 11.2. The van der Waals surface area contributed by atoms with Crippen molar-refractivity contribution in [3.8, 4) is 0 Å². The third-order valence-electron chi connectivity index (χ3n) is 2.30. The first kappa shape index (κ1) is 11.2. The molecule has 0 radical (unpaired) electrons. The van der Waals surface area contributed by atoms with Gasteiger partial charge in [-0.2, -0.15) is 0 Å². The van der Waals surface area contributed by atoms with Crippen LogP contribution in [0.2, 0.25) is 0 Å². The number of nitrogens with zero attached hydrogens (tertiary/aromatic N) is 2. The summed E-state index contributed by atoms with van der Waals surface area (Å²) in [5, 5.41) is 6.59. The molecule has 2 aromatic rings. The SMILES string of the molecule is Cc1ccc(CNCCc2nccs2)cn1. The van der Waals surface area contributed by atoms with Crippen LogP contribution < -0.4 is 5.32 Å². The summed E-state index contributed by atoms with van der Waals surface area (Å²) in [6, 6.07) is 4.15. The molecule has 4 heteroatoms. The van der Waals surface area contributed by atoms with Crippen LogP contribution in [0.1, 0.15) is 16.3 Å². The predicted molar refractivity (Wildman–Crippen MR) is 66.5 cm³/mol. The Morgan fingerprint density at radius 2 is 2.25 bits per heavy atom. The number of aromatic nitrogens is 2. The van der Waals surface area contributed by atoms with Crippen LogP contribution in [0.15, 0.2) is 29.9 Å². The van der Waals surface area contributed by atoms with Crippen molar-refractivity contribution < 1.29 is 0 Å². The number of aryl methyl sites for hydroxylation is 1. The van der Waals surface area contributed by atoms with Crippen LogP contribution in [-0.2, 0) is 13.0 Å². The zero-order valence-electron chi connectivity index (χ0n) is 9.31. The molecule has 0 aliphatic heterocycles. The number of pyridine rings is 1. The van der Waals surface area contributed by atoms with Gasteiger partial charge in [-0.05, 0) is 18.6 Å². The van der Waals surface area contributed by atoms with E-state index in [1.54, 1.807) is 11.3 Å². The third kappa shape index (κ3) is 3.40. The van der Waals surface area contributed by atoms with E-state index in [1.807, 2.05) is 30.8 Å². The fourth-order valence-electron chi connectivity index (χ4n) is 1.41. The van der Waals surface area contributed by atoms with Crippen LogP contribution in [0.3, 0.4) is 0 Å². The highest BCUT2D eigenvalue weighted by Gasteiger charge is 1.96. The van der Waals surface area contributed by atoms with Gasteiger partial charge in [0.2, 0.25) is 0 Å². The van der Waals surface area contributed by atoms with Crippen LogP contribution in [-0.4, -0.2) is 16.5 Å². The molecule has 0 amide bonds. The summed E-state index contributed by atoms with van der Waals surface area (Å²) in [5.74, 6) is 0. The van der Waals surface area contributed by atoms with Crippen molar-refractivity contribution in [2.24, 2.45) is 0 Å². The molecule has 0 saturated heterocycles. The number of rotatable bonds is 5. The Bertz CT molecular complexity index is 408. The van der Waals surface area contributed by atoms with Crippen LogP contribution in [0.4, 0.5) is 0 Å². The Morgan fingerprint density at radius 3 is 2.94 bits per heavy atom. The summed E-state index contributed by atoms with van der Waals surface area (Å²) in [6.07, 6.45) is 4.77. The van der Waals surface area contributed by atoms with Gasteiger partial charge in [-0.15, -0.1) is 11.3 Å². The van der Waals surface area contributed by atoms with Gasteiger partial charge < -0.3 is 5.32 Å². The van der Waals surface area contributed by atoms with Crippen molar-refractivity contribution in [2.75, 3.05) is 6.54 Å². The van der Waals surface area contributed by atoms with E-state index in [9.17, 15) is 0 Å². The molecular weight excluding hydrogens is 218 g/mol. The van der Waals surface area contributed by atoms with Gasteiger partial charge >= 0.3 is 0 Å². The molecule has 0 atom stereocenters. The molecule has 16 heavy (non-hydrogen) atoms. The molecular formula is C12H15N3S. The smallest absolute Gasteiger partial charge is 0.0937 e. The normalized spacial score (nSPS) is 10.6. The van der Waals surface area contributed by atoms with E-state index < -0.39 is 0 Å². The second kappa shape index (κ2) is 5.72. The van der Waals surface area contributed by atoms with Gasteiger partial charge in [0.05, 0.1) is 5.01 Å². The maximum absolute atomic E-state index is 4.26. The molecule has 0 fully saturated rings. The van der Waals surface area contributed by atoms with E-state index >= 15 is 0 Å². The van der Waals surface area contributed by atoms with Crippen molar-refractivity contribution in [1.29, 1.82) is 0 Å². The first-order valence-electron chi connectivity index (χ1n) is 5.35. The molecule has 2 rings (SSSR count). The van der Waals surface area contributed by atoms with E-state index in [1.165, 1.54) is 10.6 Å². The van der Waals surface area contributed by atoms with Crippen LogP contribution in [0.25, 0.3) is 0 Å². The minimum atomic E-state index is 0.874. The van der Waals surface area contributed by atoms with Gasteiger partial charge in [-0.1, -0.05) is 6.07 Å². The summed E-state index contributed by atoms with van der Waals surface area (Å²) in [6.45, 7) is 3.83. The molecule has 0 saturated carbocycles. The second-order valence-corrected chi connectivity index (χ2v) is 4.64. The lowest BCUT2D eigenvalue weighted by molar-refractivity contribution is 0.683. The second-order valence-electron chi connectivity index (χ2n) is 3.66. The van der Waals surface area contributed by atoms with Gasteiger partial charge in [0.1, 0.15) is 0 Å². The Hall–Kier alpha value is -1.26. The van der Waals surface area contributed by atoms with E-state index in [4.69, 9.17) is 0 Å². The molecule has 0 unspecified atom stereocenters. The van der Waals surface area contributed by atoms with Gasteiger partial charge in [0, 0.05) is 43.0 Å². The molecule has 0 bridgehead atoms. The van der Waals surface area contributed by atoms with Gasteiger partial charge in [-0.25, -0.2) is 4.98 Å². The topological polar surface area (TPSA) is 37.8 Å². The fourth-order valence-corrected chi connectivity index (χ4v) is 2.03. The van der Waals surface area contributed by atoms with Crippen molar-refractivity contribution in [2.45, 2.75) is 19.9 Å². The molecule has 0 spiro atoms. The number of thiazole rings is 1. The molecule has 1 N–H and O–H groups in total. The van der Waals surface area contributed by atoms with E-state index in [-0.39, 0.29) is 0 Å². The van der Waals surface area contributed by atoms with Gasteiger partial charge in [0.15, 0.2) is 0 Å². The summed E-state index contributed by atoms with van der Waals surface area (Å²) in [5.41, 5.74) is 2.29. The monoisotopic (exact) mass is 233 g/mol. The fraction of sp³-hybridized carbons (Fsp3) is 0.333. The lowest BCUT2D eigenvalue weighted by Gasteiger charge is -2.03. The standard InChI is InChI=1S/C12H15N3S/c1-10-2-3-11(9-15-10)8-13-5-4-12-14-6-7-16-12/h2-3,6-7,9,13H,4-5,8H2,1H3. The summed E-state index contributed by atoms with van der Waals surface area (Å²) in [7, 11) is 0. The Labute approximate surface area is 99.6 Å². The molecule has 3 nitrogen and oxygen atoms in total. The molecule has 2 aromatic heterocycles. The van der Waals surface area contributed by atoms with Crippen molar-refractivity contribution >= 4 is 11.3 Å². The van der Waals surface area contributed by atoms with Crippen LogP contribution >= 0.6 is 11.3 Å². The lowest BCUT2D eigenvalue weighted by atomic mass is 10.2. The van der Waals surface area contributed by atoms with Gasteiger partial charge in [0.25, 0.3) is 0 Å². The number of nitrogens with one attached hydrogen (secondary N) is 1. The predicted octanol–water partition coefficient (Wildman–Crippen LogP) is 2.18. The Balaban J connectivity index is 1.70. The van der Waals surface area contributed by atoms with Crippen LogP contribution in [0, 0.1) is 6.92 Å². The maximum Gasteiger partial charge on any atom is 0.0937 e. The molecule has 0 aliphatic carbocycles. The summed E-state index contributed by atoms with van der Waals surface area (Å²) in [4.78, 5) is 8.50. The number of hydrogen-bond acceptors (Lipinski definition) is 4. The minimum Gasteiger partial charge on any atom is -0.312 e. The zero-order valence-corrected chi connectivity index (χ0v) is 10.1. The summed E-state index contributed by atoms with van der Waals surface area (Å²) >= 11 is 1.71. The van der Waals surface area contributed by atoms with Crippen molar-refractivity contribution in [3.63, 3.8) is 0 Å².